The molecule has 0 amide bonds. The third-order valence-electron chi connectivity index (χ3n) is 2.82. The molecule has 2 rings (SSSR count). The van der Waals surface area contributed by atoms with Crippen molar-refractivity contribution in [1.29, 1.82) is 0 Å². The van der Waals surface area contributed by atoms with Gasteiger partial charge in [-0.15, -0.1) is 0 Å². The minimum Gasteiger partial charge on any atom is -0.479 e. The largest absolute Gasteiger partial charge is 0.479 e. The highest BCUT2D eigenvalue weighted by atomic mass is 16.5. The summed E-state index contributed by atoms with van der Waals surface area (Å²) in [7, 11) is 0. The highest BCUT2D eigenvalue weighted by Crippen LogP contribution is 2.40. The van der Waals surface area contributed by atoms with Gasteiger partial charge in [0.2, 0.25) is 0 Å². The van der Waals surface area contributed by atoms with Gasteiger partial charge in [-0.1, -0.05) is 0 Å². The highest BCUT2D eigenvalue weighted by Gasteiger charge is 2.52. The summed E-state index contributed by atoms with van der Waals surface area (Å²) >= 11 is 0. The Labute approximate surface area is 70.9 Å². The molecule has 2 atom stereocenters. The molecular formula is C8H13NO3. The van der Waals surface area contributed by atoms with Gasteiger partial charge in [0.1, 0.15) is 0 Å². The number of piperidine rings is 1. The van der Waals surface area contributed by atoms with Gasteiger partial charge in [-0.25, -0.2) is 4.79 Å². The molecule has 0 saturated carbocycles. The maximum absolute atomic E-state index is 10.7. The molecule has 2 saturated heterocycles. The molecule has 12 heavy (non-hydrogen) atoms. The molecule has 2 N–H and O–H groups in total. The standard InChI is InChI=1S/C8H13NO3/c10-7(11)6-8(5-12-6)2-1-3-9-4-8/h6,9H,1-5H2,(H,10,11). The van der Waals surface area contributed by atoms with E-state index in [1.54, 1.807) is 0 Å². The molecule has 0 bridgehead atoms. The summed E-state index contributed by atoms with van der Waals surface area (Å²) in [5.74, 6) is -0.815. The zero-order chi connectivity index (χ0) is 8.60. The lowest BCUT2D eigenvalue weighted by molar-refractivity contribution is -0.212. The van der Waals surface area contributed by atoms with E-state index in [4.69, 9.17) is 9.84 Å². The van der Waals surface area contributed by atoms with Gasteiger partial charge in [-0.3, -0.25) is 0 Å². The van der Waals surface area contributed by atoms with Crippen LogP contribution in [0.4, 0.5) is 0 Å². The Kier molecular flexibility index (Phi) is 1.81. The van der Waals surface area contributed by atoms with Crippen LogP contribution in [0.1, 0.15) is 12.8 Å². The van der Waals surface area contributed by atoms with Gasteiger partial charge in [0.25, 0.3) is 0 Å². The molecular weight excluding hydrogens is 158 g/mol. The first-order chi connectivity index (χ1) is 5.75. The van der Waals surface area contributed by atoms with Crippen molar-refractivity contribution >= 4 is 5.97 Å². The molecule has 2 fully saturated rings. The van der Waals surface area contributed by atoms with E-state index in [1.807, 2.05) is 0 Å². The van der Waals surface area contributed by atoms with E-state index in [2.05, 4.69) is 5.32 Å². The molecule has 2 heterocycles. The fraction of sp³-hybridized carbons (Fsp3) is 0.875. The van der Waals surface area contributed by atoms with Crippen LogP contribution >= 0.6 is 0 Å². The van der Waals surface area contributed by atoms with Gasteiger partial charge in [0.15, 0.2) is 6.10 Å². The number of hydrogen-bond acceptors (Lipinski definition) is 3. The van der Waals surface area contributed by atoms with Crippen molar-refractivity contribution < 1.29 is 14.6 Å². The quantitative estimate of drug-likeness (QED) is 0.575. The Bertz CT molecular complexity index is 198. The van der Waals surface area contributed by atoms with Crippen LogP contribution in [0.5, 0.6) is 0 Å². The first kappa shape index (κ1) is 8.01. The van der Waals surface area contributed by atoms with E-state index in [9.17, 15) is 4.79 Å². The van der Waals surface area contributed by atoms with Crippen molar-refractivity contribution in [3.8, 4) is 0 Å². The fourth-order valence-electron chi connectivity index (χ4n) is 2.07. The van der Waals surface area contributed by atoms with E-state index < -0.39 is 12.1 Å². The van der Waals surface area contributed by atoms with Gasteiger partial charge in [0.05, 0.1) is 6.61 Å². The molecule has 2 unspecified atom stereocenters. The normalized spacial score (nSPS) is 40.8. The van der Waals surface area contributed by atoms with Crippen LogP contribution < -0.4 is 5.32 Å². The van der Waals surface area contributed by atoms with Crippen LogP contribution in [0.25, 0.3) is 0 Å². The van der Waals surface area contributed by atoms with Crippen LogP contribution in [-0.2, 0) is 9.53 Å². The maximum atomic E-state index is 10.7. The first-order valence-corrected chi connectivity index (χ1v) is 4.30. The lowest BCUT2D eigenvalue weighted by atomic mass is 9.72. The zero-order valence-corrected chi connectivity index (χ0v) is 6.88. The van der Waals surface area contributed by atoms with Gasteiger partial charge in [-0.2, -0.15) is 0 Å². The van der Waals surface area contributed by atoms with Crippen molar-refractivity contribution in [2.24, 2.45) is 5.41 Å². The van der Waals surface area contributed by atoms with E-state index in [1.165, 1.54) is 0 Å². The van der Waals surface area contributed by atoms with E-state index >= 15 is 0 Å². The van der Waals surface area contributed by atoms with Gasteiger partial charge in [-0.05, 0) is 19.4 Å². The van der Waals surface area contributed by atoms with Crippen LogP contribution in [0, 0.1) is 5.41 Å². The Morgan fingerprint density at radius 2 is 2.50 bits per heavy atom. The summed E-state index contributed by atoms with van der Waals surface area (Å²) in [5, 5.41) is 12.0. The van der Waals surface area contributed by atoms with E-state index in [0.29, 0.717) is 6.61 Å². The molecule has 4 nitrogen and oxygen atoms in total. The number of carboxylic acid groups (broad SMARTS) is 1. The second-order valence-electron chi connectivity index (χ2n) is 3.67. The predicted molar refractivity (Wildman–Crippen MR) is 41.9 cm³/mol. The van der Waals surface area contributed by atoms with Crippen LogP contribution in [0.3, 0.4) is 0 Å². The SMILES string of the molecule is O=C(O)C1OCC12CCCNC2. The number of aliphatic carboxylic acids is 1. The summed E-state index contributed by atoms with van der Waals surface area (Å²) in [6.45, 7) is 2.41. The maximum Gasteiger partial charge on any atom is 0.333 e. The van der Waals surface area contributed by atoms with Gasteiger partial charge >= 0.3 is 5.97 Å². The van der Waals surface area contributed by atoms with Crippen molar-refractivity contribution in [1.82, 2.24) is 5.32 Å². The number of ether oxygens (including phenoxy) is 1. The summed E-state index contributed by atoms with van der Waals surface area (Å²) in [6.07, 6.45) is 1.48. The summed E-state index contributed by atoms with van der Waals surface area (Å²) < 4.78 is 5.05. The minimum atomic E-state index is -0.815. The lowest BCUT2D eigenvalue weighted by Gasteiger charge is -2.49. The first-order valence-electron chi connectivity index (χ1n) is 4.30. The smallest absolute Gasteiger partial charge is 0.333 e. The lowest BCUT2D eigenvalue weighted by Crippen LogP contribution is -2.62. The molecule has 0 aliphatic carbocycles. The second kappa shape index (κ2) is 2.71. The van der Waals surface area contributed by atoms with Crippen LogP contribution in [0.15, 0.2) is 0 Å². The number of hydrogen-bond donors (Lipinski definition) is 2. The predicted octanol–water partition coefficient (Wildman–Crippen LogP) is -0.160. The molecule has 0 aromatic heterocycles. The topological polar surface area (TPSA) is 58.6 Å². The average Bonchev–Trinajstić information content (AvgIpc) is 2.03. The summed E-state index contributed by atoms with van der Waals surface area (Å²) in [5.41, 5.74) is -0.0932. The number of carboxylic acids is 1. The highest BCUT2D eigenvalue weighted by molar-refractivity contribution is 5.74. The molecule has 0 radical (unpaired) electrons. The molecule has 0 aromatic carbocycles. The van der Waals surface area contributed by atoms with Crippen molar-refractivity contribution in [3.63, 3.8) is 0 Å². The van der Waals surface area contributed by atoms with Crippen molar-refractivity contribution in [3.05, 3.63) is 0 Å². The van der Waals surface area contributed by atoms with E-state index in [-0.39, 0.29) is 5.41 Å². The Morgan fingerprint density at radius 3 is 2.92 bits per heavy atom. The molecule has 0 aromatic rings. The third kappa shape index (κ3) is 1.03. The monoisotopic (exact) mass is 171 g/mol. The molecule has 4 heteroatoms. The Hall–Kier alpha value is -0.610. The Morgan fingerprint density at radius 1 is 1.67 bits per heavy atom. The average molecular weight is 171 g/mol. The third-order valence-corrected chi connectivity index (χ3v) is 2.82. The molecule has 1 spiro atoms. The molecule has 2 aliphatic heterocycles. The minimum absolute atomic E-state index is 0.0932. The van der Waals surface area contributed by atoms with Gasteiger partial charge in [0, 0.05) is 12.0 Å². The molecule has 2 aliphatic rings. The zero-order valence-electron chi connectivity index (χ0n) is 6.88. The summed E-state index contributed by atoms with van der Waals surface area (Å²) in [6, 6.07) is 0. The number of rotatable bonds is 1. The van der Waals surface area contributed by atoms with Crippen molar-refractivity contribution in [2.75, 3.05) is 19.7 Å². The van der Waals surface area contributed by atoms with Crippen LogP contribution in [-0.4, -0.2) is 36.9 Å². The number of nitrogens with one attached hydrogen (secondary N) is 1. The van der Waals surface area contributed by atoms with Crippen molar-refractivity contribution in [2.45, 2.75) is 18.9 Å². The fourth-order valence-corrected chi connectivity index (χ4v) is 2.07. The summed E-state index contributed by atoms with van der Waals surface area (Å²) in [4.78, 5) is 10.7. The second-order valence-corrected chi connectivity index (χ2v) is 3.67. The molecule has 68 valence electrons. The van der Waals surface area contributed by atoms with Crippen LogP contribution in [0.2, 0.25) is 0 Å². The van der Waals surface area contributed by atoms with E-state index in [0.717, 1.165) is 25.9 Å². The number of carbonyl (C=O) groups is 1. The Balaban J connectivity index is 2.05. The van der Waals surface area contributed by atoms with Gasteiger partial charge < -0.3 is 15.2 Å².